The third-order valence-corrected chi connectivity index (χ3v) is 4.74. The first-order chi connectivity index (χ1) is 8.97. The molecule has 0 bridgehead atoms. The van der Waals surface area contributed by atoms with Crippen molar-refractivity contribution in [1.29, 1.82) is 0 Å². The van der Waals surface area contributed by atoms with Gasteiger partial charge in [-0.25, -0.2) is 0 Å². The molecule has 1 unspecified atom stereocenters. The van der Waals surface area contributed by atoms with Crippen LogP contribution in [0.5, 0.6) is 0 Å². The number of halogens is 1. The lowest BCUT2D eigenvalue weighted by atomic mass is 10.1. The van der Waals surface area contributed by atoms with Crippen LogP contribution in [-0.4, -0.2) is 4.21 Å². The van der Waals surface area contributed by atoms with E-state index in [4.69, 9.17) is 17.3 Å². The zero-order valence-corrected chi connectivity index (χ0v) is 12.5. The highest BCUT2D eigenvalue weighted by molar-refractivity contribution is 7.84. The van der Waals surface area contributed by atoms with Crippen LogP contribution in [-0.2, 0) is 16.6 Å². The number of hydrogen-bond donors (Lipinski definition) is 1. The highest BCUT2D eigenvalue weighted by atomic mass is 35.5. The Kier molecular flexibility index (Phi) is 4.27. The largest absolute Gasteiger partial charge is 0.398 e. The fraction of sp³-hybridized carbons (Fsp3) is 0.200. The SMILES string of the molecule is Cc1cc(C)cc(CS(=O)c2c(N)cccc2Cl)c1. The minimum Gasteiger partial charge on any atom is -0.398 e. The van der Waals surface area contributed by atoms with Gasteiger partial charge >= 0.3 is 0 Å². The number of aryl methyl sites for hydroxylation is 2. The molecule has 2 aromatic rings. The maximum absolute atomic E-state index is 12.4. The number of nitrogens with two attached hydrogens (primary N) is 1. The van der Waals surface area contributed by atoms with E-state index in [2.05, 4.69) is 6.07 Å². The van der Waals surface area contributed by atoms with Gasteiger partial charge in [0.15, 0.2) is 0 Å². The van der Waals surface area contributed by atoms with Crippen LogP contribution in [0.3, 0.4) is 0 Å². The summed E-state index contributed by atoms with van der Waals surface area (Å²) >= 11 is 6.08. The average Bonchev–Trinajstić information content (AvgIpc) is 2.26. The maximum Gasteiger partial charge on any atom is 0.0806 e. The fourth-order valence-corrected chi connectivity index (χ4v) is 3.81. The van der Waals surface area contributed by atoms with Crippen molar-refractivity contribution in [3.05, 3.63) is 58.1 Å². The first-order valence-corrected chi connectivity index (χ1v) is 7.66. The van der Waals surface area contributed by atoms with E-state index >= 15 is 0 Å². The summed E-state index contributed by atoms with van der Waals surface area (Å²) in [7, 11) is -1.23. The number of rotatable bonds is 3. The van der Waals surface area contributed by atoms with Crippen LogP contribution in [0.2, 0.25) is 5.02 Å². The van der Waals surface area contributed by atoms with Crippen LogP contribution in [0.1, 0.15) is 16.7 Å². The summed E-state index contributed by atoms with van der Waals surface area (Å²) in [6.07, 6.45) is 0. The lowest BCUT2D eigenvalue weighted by Crippen LogP contribution is -2.02. The van der Waals surface area contributed by atoms with Gasteiger partial charge in [-0.05, 0) is 31.5 Å². The molecule has 0 heterocycles. The Morgan fingerprint density at radius 3 is 2.37 bits per heavy atom. The van der Waals surface area contributed by atoms with Crippen LogP contribution in [0.4, 0.5) is 5.69 Å². The molecule has 4 heteroatoms. The van der Waals surface area contributed by atoms with E-state index < -0.39 is 10.8 Å². The molecule has 19 heavy (non-hydrogen) atoms. The van der Waals surface area contributed by atoms with Gasteiger partial charge in [0.2, 0.25) is 0 Å². The summed E-state index contributed by atoms with van der Waals surface area (Å²) in [5, 5.41) is 0.461. The first kappa shape index (κ1) is 14.1. The van der Waals surface area contributed by atoms with E-state index in [1.165, 1.54) is 11.1 Å². The van der Waals surface area contributed by atoms with Crippen molar-refractivity contribution in [3.63, 3.8) is 0 Å². The molecule has 0 spiro atoms. The Morgan fingerprint density at radius 2 is 1.79 bits per heavy atom. The minimum absolute atomic E-state index is 0.427. The van der Waals surface area contributed by atoms with E-state index in [1.54, 1.807) is 18.2 Å². The number of benzene rings is 2. The quantitative estimate of drug-likeness (QED) is 0.874. The van der Waals surface area contributed by atoms with Gasteiger partial charge in [-0.2, -0.15) is 0 Å². The van der Waals surface area contributed by atoms with Crippen LogP contribution in [0.25, 0.3) is 0 Å². The number of hydrogen-bond acceptors (Lipinski definition) is 2. The fourth-order valence-electron chi connectivity index (χ4n) is 2.14. The lowest BCUT2D eigenvalue weighted by Gasteiger charge is -2.09. The van der Waals surface area contributed by atoms with Crippen molar-refractivity contribution < 1.29 is 4.21 Å². The standard InChI is InChI=1S/C15H16ClNOS/c1-10-6-11(2)8-12(7-10)9-19(18)15-13(16)4-3-5-14(15)17/h3-8H,9,17H2,1-2H3. The molecule has 100 valence electrons. The summed E-state index contributed by atoms with van der Waals surface area (Å²) in [5.41, 5.74) is 9.71. The highest BCUT2D eigenvalue weighted by Crippen LogP contribution is 2.27. The molecular formula is C15H16ClNOS. The van der Waals surface area contributed by atoms with E-state index in [-0.39, 0.29) is 0 Å². The molecular weight excluding hydrogens is 278 g/mol. The normalized spacial score (nSPS) is 12.4. The van der Waals surface area contributed by atoms with Gasteiger partial charge in [-0.3, -0.25) is 4.21 Å². The maximum atomic E-state index is 12.4. The molecule has 0 radical (unpaired) electrons. The molecule has 0 aliphatic carbocycles. The van der Waals surface area contributed by atoms with Crippen molar-refractivity contribution in [1.82, 2.24) is 0 Å². The lowest BCUT2D eigenvalue weighted by molar-refractivity contribution is 0.683. The molecule has 2 N–H and O–H groups in total. The molecule has 0 aromatic heterocycles. The van der Waals surface area contributed by atoms with Crippen molar-refractivity contribution in [2.45, 2.75) is 24.5 Å². The summed E-state index contributed by atoms with van der Waals surface area (Å²) in [6, 6.07) is 11.4. The third kappa shape index (κ3) is 3.37. The number of nitrogen functional groups attached to an aromatic ring is 1. The summed E-state index contributed by atoms with van der Waals surface area (Å²) in [4.78, 5) is 0.531. The van der Waals surface area contributed by atoms with Gasteiger partial charge in [-0.15, -0.1) is 0 Å². The van der Waals surface area contributed by atoms with Gasteiger partial charge in [0.1, 0.15) is 0 Å². The molecule has 2 aromatic carbocycles. The summed E-state index contributed by atoms with van der Waals surface area (Å²) < 4.78 is 12.4. The van der Waals surface area contributed by atoms with Gasteiger partial charge < -0.3 is 5.73 Å². The van der Waals surface area contributed by atoms with Gasteiger partial charge in [0.25, 0.3) is 0 Å². The Hall–Kier alpha value is -1.32. The van der Waals surface area contributed by atoms with E-state index in [1.807, 2.05) is 26.0 Å². The van der Waals surface area contributed by atoms with Crippen molar-refractivity contribution in [3.8, 4) is 0 Å². The second-order valence-corrected chi connectivity index (χ2v) is 6.44. The zero-order valence-electron chi connectivity index (χ0n) is 10.9. The predicted molar refractivity (Wildman–Crippen MR) is 81.9 cm³/mol. The zero-order chi connectivity index (χ0) is 14.0. The van der Waals surface area contributed by atoms with Gasteiger partial charge in [0, 0.05) is 5.69 Å². The summed E-state index contributed by atoms with van der Waals surface area (Å²) in [5.74, 6) is 0.427. The predicted octanol–water partition coefficient (Wildman–Crippen LogP) is 3.85. The van der Waals surface area contributed by atoms with E-state index in [0.717, 1.165) is 5.56 Å². The molecule has 0 amide bonds. The smallest absolute Gasteiger partial charge is 0.0806 e. The molecule has 0 aliphatic rings. The molecule has 0 saturated carbocycles. The van der Waals surface area contributed by atoms with Crippen molar-refractivity contribution >= 4 is 28.1 Å². The van der Waals surface area contributed by atoms with Crippen LogP contribution in [0, 0.1) is 13.8 Å². The van der Waals surface area contributed by atoms with Crippen molar-refractivity contribution in [2.24, 2.45) is 0 Å². The minimum atomic E-state index is -1.23. The monoisotopic (exact) mass is 293 g/mol. The van der Waals surface area contributed by atoms with Gasteiger partial charge in [-0.1, -0.05) is 47.0 Å². The molecule has 0 aliphatic heterocycles. The first-order valence-electron chi connectivity index (χ1n) is 5.97. The van der Waals surface area contributed by atoms with Crippen LogP contribution >= 0.6 is 11.6 Å². The topological polar surface area (TPSA) is 43.1 Å². The molecule has 0 fully saturated rings. The third-order valence-electron chi connectivity index (χ3n) is 2.80. The second-order valence-electron chi connectivity index (χ2n) is 4.64. The van der Waals surface area contributed by atoms with Crippen LogP contribution in [0.15, 0.2) is 41.3 Å². The number of anilines is 1. The highest BCUT2D eigenvalue weighted by Gasteiger charge is 2.13. The van der Waals surface area contributed by atoms with Crippen molar-refractivity contribution in [2.75, 3.05) is 5.73 Å². The molecule has 0 saturated heterocycles. The van der Waals surface area contributed by atoms with Gasteiger partial charge in [0.05, 0.1) is 26.5 Å². The average molecular weight is 294 g/mol. The Morgan fingerprint density at radius 1 is 1.16 bits per heavy atom. The van der Waals surface area contributed by atoms with E-state index in [0.29, 0.717) is 21.4 Å². The molecule has 2 nitrogen and oxygen atoms in total. The Labute approximate surface area is 121 Å². The van der Waals surface area contributed by atoms with Crippen LogP contribution < -0.4 is 5.73 Å². The Bertz CT molecular complexity index is 600. The van der Waals surface area contributed by atoms with E-state index in [9.17, 15) is 4.21 Å². The molecule has 1 atom stereocenters. The molecule has 2 rings (SSSR count). The second kappa shape index (κ2) is 5.76. The summed E-state index contributed by atoms with van der Waals surface area (Å²) in [6.45, 7) is 4.06. The Balaban J connectivity index is 2.31.